The third-order valence-corrected chi connectivity index (χ3v) is 3.05. The molecule has 104 valence electrons. The summed E-state index contributed by atoms with van der Waals surface area (Å²) in [5.41, 5.74) is 1.06. The third-order valence-electron chi connectivity index (χ3n) is 3.05. The molecule has 1 amide bonds. The maximum absolute atomic E-state index is 11.8. The highest BCUT2D eigenvalue weighted by Crippen LogP contribution is 2.22. The molecule has 1 unspecified atom stereocenters. The zero-order chi connectivity index (χ0) is 13.1. The number of nitro groups is 1. The predicted octanol–water partition coefficient (Wildman–Crippen LogP) is 2.02. The Balaban J connectivity index is 0.00000180. The predicted molar refractivity (Wildman–Crippen MR) is 74.7 cm³/mol. The van der Waals surface area contributed by atoms with Gasteiger partial charge in [-0.25, -0.2) is 0 Å². The summed E-state index contributed by atoms with van der Waals surface area (Å²) in [5, 5.41) is 16.6. The van der Waals surface area contributed by atoms with E-state index in [0.717, 1.165) is 19.4 Å². The standard InChI is InChI=1S/C12H15N3O3.ClH/c1-8-4-5-9(7-11(8)15(17)18)14-12(16)10-3-2-6-13-10;/h4-5,7,10,13H,2-3,6H2,1H3,(H,14,16);1H. The number of carbonyl (C=O) groups is 1. The number of amides is 1. The highest BCUT2D eigenvalue weighted by atomic mass is 35.5. The summed E-state index contributed by atoms with van der Waals surface area (Å²) in [6.45, 7) is 2.51. The molecule has 7 heteroatoms. The number of anilines is 1. The first-order chi connectivity index (χ1) is 8.58. The fraction of sp³-hybridized carbons (Fsp3) is 0.417. The molecule has 1 aliphatic heterocycles. The summed E-state index contributed by atoms with van der Waals surface area (Å²) >= 11 is 0. The molecule has 1 aliphatic rings. The molecule has 0 bridgehead atoms. The number of hydrogen-bond donors (Lipinski definition) is 2. The molecule has 6 nitrogen and oxygen atoms in total. The Morgan fingerprint density at radius 2 is 2.26 bits per heavy atom. The van der Waals surface area contributed by atoms with Crippen molar-refractivity contribution in [3.8, 4) is 0 Å². The van der Waals surface area contributed by atoms with Gasteiger partial charge in [-0.1, -0.05) is 6.07 Å². The smallest absolute Gasteiger partial charge is 0.274 e. The molecule has 0 radical (unpaired) electrons. The van der Waals surface area contributed by atoms with Crippen molar-refractivity contribution in [1.82, 2.24) is 5.32 Å². The highest BCUT2D eigenvalue weighted by molar-refractivity contribution is 5.95. The van der Waals surface area contributed by atoms with Gasteiger partial charge in [0.05, 0.1) is 11.0 Å². The van der Waals surface area contributed by atoms with E-state index in [1.54, 1.807) is 19.1 Å². The van der Waals surface area contributed by atoms with Crippen molar-refractivity contribution < 1.29 is 9.72 Å². The fourth-order valence-electron chi connectivity index (χ4n) is 2.02. The van der Waals surface area contributed by atoms with Gasteiger partial charge >= 0.3 is 0 Å². The van der Waals surface area contributed by atoms with Gasteiger partial charge in [0, 0.05) is 17.3 Å². The second-order valence-electron chi connectivity index (χ2n) is 4.40. The molecule has 1 heterocycles. The molecular formula is C12H16ClN3O3. The molecule has 0 spiro atoms. The van der Waals surface area contributed by atoms with Crippen LogP contribution in [0.15, 0.2) is 18.2 Å². The Labute approximate surface area is 117 Å². The second kappa shape index (κ2) is 6.49. The van der Waals surface area contributed by atoms with Gasteiger partial charge in [-0.3, -0.25) is 14.9 Å². The third kappa shape index (κ3) is 3.65. The van der Waals surface area contributed by atoms with Crippen molar-refractivity contribution in [2.24, 2.45) is 0 Å². The fourth-order valence-corrected chi connectivity index (χ4v) is 2.02. The topological polar surface area (TPSA) is 84.3 Å². The van der Waals surface area contributed by atoms with Crippen LogP contribution in [0.4, 0.5) is 11.4 Å². The van der Waals surface area contributed by atoms with Gasteiger partial charge in [0.25, 0.3) is 5.69 Å². The van der Waals surface area contributed by atoms with Crippen LogP contribution < -0.4 is 10.6 Å². The molecule has 1 aromatic carbocycles. The minimum absolute atomic E-state index is 0. The Morgan fingerprint density at radius 3 is 2.84 bits per heavy atom. The van der Waals surface area contributed by atoms with Crippen LogP contribution in [0.3, 0.4) is 0 Å². The molecule has 0 aromatic heterocycles. The lowest BCUT2D eigenvalue weighted by molar-refractivity contribution is -0.385. The first kappa shape index (κ1) is 15.4. The second-order valence-corrected chi connectivity index (χ2v) is 4.40. The Bertz CT molecular complexity index is 487. The lowest BCUT2D eigenvalue weighted by Crippen LogP contribution is -2.35. The van der Waals surface area contributed by atoms with E-state index in [2.05, 4.69) is 10.6 Å². The molecule has 1 fully saturated rings. The van der Waals surface area contributed by atoms with Gasteiger partial charge < -0.3 is 10.6 Å². The average Bonchev–Trinajstić information content (AvgIpc) is 2.85. The first-order valence-corrected chi connectivity index (χ1v) is 5.87. The van der Waals surface area contributed by atoms with E-state index in [9.17, 15) is 14.9 Å². The van der Waals surface area contributed by atoms with Crippen LogP contribution in [0, 0.1) is 17.0 Å². The van der Waals surface area contributed by atoms with Crippen molar-refractivity contribution >= 4 is 29.7 Å². The van der Waals surface area contributed by atoms with E-state index in [1.807, 2.05) is 0 Å². The number of rotatable bonds is 3. The Hall–Kier alpha value is -1.66. The molecule has 19 heavy (non-hydrogen) atoms. The number of nitro benzene ring substituents is 1. The summed E-state index contributed by atoms with van der Waals surface area (Å²) in [5.74, 6) is -0.134. The van der Waals surface area contributed by atoms with E-state index in [-0.39, 0.29) is 30.0 Å². The zero-order valence-electron chi connectivity index (χ0n) is 10.5. The monoisotopic (exact) mass is 285 g/mol. The summed E-state index contributed by atoms with van der Waals surface area (Å²) in [4.78, 5) is 22.2. The lowest BCUT2D eigenvalue weighted by atomic mass is 10.1. The van der Waals surface area contributed by atoms with Crippen LogP contribution in [0.25, 0.3) is 0 Å². The zero-order valence-corrected chi connectivity index (χ0v) is 11.3. The number of carbonyl (C=O) groups excluding carboxylic acids is 1. The van der Waals surface area contributed by atoms with Crippen LogP contribution in [0.2, 0.25) is 0 Å². The molecular weight excluding hydrogens is 270 g/mol. The number of hydrogen-bond acceptors (Lipinski definition) is 4. The van der Waals surface area contributed by atoms with Gasteiger partial charge in [0.2, 0.25) is 5.91 Å². The summed E-state index contributed by atoms with van der Waals surface area (Å²) in [6.07, 6.45) is 1.78. The quantitative estimate of drug-likeness (QED) is 0.657. The van der Waals surface area contributed by atoms with Gasteiger partial charge in [-0.2, -0.15) is 0 Å². The Morgan fingerprint density at radius 1 is 1.53 bits per heavy atom. The van der Waals surface area contributed by atoms with Crippen molar-refractivity contribution in [2.45, 2.75) is 25.8 Å². The van der Waals surface area contributed by atoms with Gasteiger partial charge in [-0.15, -0.1) is 12.4 Å². The normalized spacial score (nSPS) is 17.6. The van der Waals surface area contributed by atoms with Crippen molar-refractivity contribution in [2.75, 3.05) is 11.9 Å². The minimum atomic E-state index is -0.446. The lowest BCUT2D eigenvalue weighted by Gasteiger charge is -2.11. The molecule has 0 aliphatic carbocycles. The highest BCUT2D eigenvalue weighted by Gasteiger charge is 2.22. The maximum Gasteiger partial charge on any atom is 0.274 e. The molecule has 1 atom stereocenters. The van der Waals surface area contributed by atoms with E-state index in [1.165, 1.54) is 6.07 Å². The number of nitrogens with one attached hydrogen (secondary N) is 2. The van der Waals surface area contributed by atoms with E-state index in [0.29, 0.717) is 11.3 Å². The largest absolute Gasteiger partial charge is 0.324 e. The van der Waals surface area contributed by atoms with E-state index in [4.69, 9.17) is 0 Å². The SMILES string of the molecule is Cc1ccc(NC(=O)C2CCCN2)cc1[N+](=O)[O-].Cl. The number of nitrogens with zero attached hydrogens (tertiary/aromatic N) is 1. The van der Waals surface area contributed by atoms with Crippen LogP contribution in [0.5, 0.6) is 0 Å². The molecule has 2 rings (SSSR count). The summed E-state index contributed by atoms with van der Waals surface area (Å²) < 4.78 is 0. The first-order valence-electron chi connectivity index (χ1n) is 5.87. The van der Waals surface area contributed by atoms with Crippen molar-refractivity contribution in [3.63, 3.8) is 0 Å². The van der Waals surface area contributed by atoms with E-state index >= 15 is 0 Å². The van der Waals surface area contributed by atoms with Crippen LogP contribution >= 0.6 is 12.4 Å². The van der Waals surface area contributed by atoms with Crippen molar-refractivity contribution in [3.05, 3.63) is 33.9 Å². The maximum atomic E-state index is 11.8. The van der Waals surface area contributed by atoms with Crippen molar-refractivity contribution in [1.29, 1.82) is 0 Å². The molecule has 2 N–H and O–H groups in total. The molecule has 1 aromatic rings. The average molecular weight is 286 g/mol. The Kier molecular flexibility index (Phi) is 5.26. The number of benzene rings is 1. The number of halogens is 1. The summed E-state index contributed by atoms with van der Waals surface area (Å²) in [7, 11) is 0. The van der Waals surface area contributed by atoms with Gasteiger partial charge in [0.15, 0.2) is 0 Å². The van der Waals surface area contributed by atoms with Gasteiger partial charge in [-0.05, 0) is 32.4 Å². The molecule has 0 saturated carbocycles. The minimum Gasteiger partial charge on any atom is -0.324 e. The van der Waals surface area contributed by atoms with Gasteiger partial charge in [0.1, 0.15) is 0 Å². The number of aryl methyl sites for hydroxylation is 1. The van der Waals surface area contributed by atoms with Crippen LogP contribution in [-0.4, -0.2) is 23.4 Å². The molecule has 1 saturated heterocycles. The van der Waals surface area contributed by atoms with Crippen LogP contribution in [0.1, 0.15) is 18.4 Å². The summed E-state index contributed by atoms with van der Waals surface area (Å²) in [6, 6.07) is 4.51. The van der Waals surface area contributed by atoms with Crippen LogP contribution in [-0.2, 0) is 4.79 Å². The van der Waals surface area contributed by atoms with E-state index < -0.39 is 4.92 Å².